The lowest BCUT2D eigenvalue weighted by Gasteiger charge is -2.25. The zero-order valence-corrected chi connectivity index (χ0v) is 10.1. The normalized spacial score (nSPS) is 29.9. The predicted octanol–water partition coefficient (Wildman–Crippen LogP) is -0.940. The number of rotatable bonds is 3. The molecule has 0 aromatic rings. The van der Waals surface area contributed by atoms with Crippen molar-refractivity contribution in [3.63, 3.8) is 0 Å². The number of nitrogens with zero attached hydrogens (tertiary/aromatic N) is 2. The van der Waals surface area contributed by atoms with E-state index in [1.165, 1.54) is 0 Å². The molecule has 0 aliphatic carbocycles. The second-order valence-electron chi connectivity index (χ2n) is 3.92. The Labute approximate surface area is 100 Å². The van der Waals surface area contributed by atoms with Gasteiger partial charge in [-0.25, -0.2) is 4.99 Å². The highest BCUT2D eigenvalue weighted by Gasteiger charge is 2.33. The van der Waals surface area contributed by atoms with Crippen LogP contribution in [0.2, 0.25) is 0 Å². The van der Waals surface area contributed by atoms with Gasteiger partial charge in [0.2, 0.25) is 18.1 Å². The highest BCUT2D eigenvalue weighted by Crippen LogP contribution is 2.11. The lowest BCUT2D eigenvalue weighted by Crippen LogP contribution is -2.52. The van der Waals surface area contributed by atoms with Crippen LogP contribution in [-0.2, 0) is 14.4 Å². The lowest BCUT2D eigenvalue weighted by atomic mass is 10.3. The summed E-state index contributed by atoms with van der Waals surface area (Å²) in [6.45, 7) is 3.37. The summed E-state index contributed by atoms with van der Waals surface area (Å²) in [5.74, 6) is 0.598. The third-order valence-corrected chi connectivity index (χ3v) is 2.84. The number of amides is 1. The first kappa shape index (κ1) is 12.3. The Bertz CT molecular complexity index is 321. The van der Waals surface area contributed by atoms with E-state index in [0.717, 1.165) is 0 Å². The third kappa shape index (κ3) is 2.56. The number of likely N-dealkylation sites (N-methyl/N-ethyl adjacent to an activating group) is 1. The summed E-state index contributed by atoms with van der Waals surface area (Å²) < 4.78 is 5.37. The zero-order valence-electron chi connectivity index (χ0n) is 10.1. The Morgan fingerprint density at radius 1 is 1.65 bits per heavy atom. The molecule has 7 nitrogen and oxygen atoms in total. The number of carbonyl (C=O) groups excluding carboxylic acids is 1. The maximum absolute atomic E-state index is 12.2. The van der Waals surface area contributed by atoms with Crippen molar-refractivity contribution in [1.82, 2.24) is 15.7 Å². The minimum Gasteiger partial charge on any atom is -0.390 e. The SMILES string of the molecule is CCC1=NC(N2CCOCC(NC)C2=O)NO1. The molecule has 17 heavy (non-hydrogen) atoms. The van der Waals surface area contributed by atoms with Crippen molar-refractivity contribution in [2.24, 2.45) is 4.99 Å². The fraction of sp³-hybridized carbons (Fsp3) is 0.800. The summed E-state index contributed by atoms with van der Waals surface area (Å²) in [7, 11) is 1.74. The highest BCUT2D eigenvalue weighted by molar-refractivity contribution is 5.83. The van der Waals surface area contributed by atoms with E-state index in [2.05, 4.69) is 15.8 Å². The van der Waals surface area contributed by atoms with Gasteiger partial charge in [0.15, 0.2) is 0 Å². The molecule has 96 valence electrons. The molecular formula is C10H18N4O3. The number of hydrogen-bond acceptors (Lipinski definition) is 6. The van der Waals surface area contributed by atoms with Crippen LogP contribution in [0, 0.1) is 0 Å². The van der Waals surface area contributed by atoms with Gasteiger partial charge in [0, 0.05) is 13.0 Å². The summed E-state index contributed by atoms with van der Waals surface area (Å²) in [6, 6.07) is -0.319. The number of ether oxygens (including phenoxy) is 1. The summed E-state index contributed by atoms with van der Waals surface area (Å²) >= 11 is 0. The fourth-order valence-corrected chi connectivity index (χ4v) is 1.80. The molecule has 2 aliphatic heterocycles. The van der Waals surface area contributed by atoms with Gasteiger partial charge >= 0.3 is 0 Å². The third-order valence-electron chi connectivity index (χ3n) is 2.84. The van der Waals surface area contributed by atoms with Gasteiger partial charge in [0.05, 0.1) is 13.2 Å². The van der Waals surface area contributed by atoms with Gasteiger partial charge < -0.3 is 19.8 Å². The highest BCUT2D eigenvalue weighted by atomic mass is 16.7. The Morgan fingerprint density at radius 3 is 3.12 bits per heavy atom. The average molecular weight is 242 g/mol. The monoisotopic (exact) mass is 242 g/mol. The number of carbonyl (C=O) groups is 1. The minimum atomic E-state index is -0.435. The van der Waals surface area contributed by atoms with Crippen LogP contribution in [-0.4, -0.2) is 55.8 Å². The van der Waals surface area contributed by atoms with Gasteiger partial charge in [-0.1, -0.05) is 6.92 Å². The largest absolute Gasteiger partial charge is 0.390 e. The minimum absolute atomic E-state index is 0.0211. The molecule has 1 saturated heterocycles. The number of nitrogens with one attached hydrogen (secondary N) is 2. The molecule has 2 unspecified atom stereocenters. The molecule has 2 rings (SSSR count). The molecule has 1 fully saturated rings. The van der Waals surface area contributed by atoms with E-state index in [-0.39, 0.29) is 11.9 Å². The second-order valence-corrected chi connectivity index (χ2v) is 3.92. The molecule has 2 aliphatic rings. The van der Waals surface area contributed by atoms with Crippen LogP contribution in [0.1, 0.15) is 13.3 Å². The standard InChI is InChI=1S/C10H18N4O3/c1-3-8-12-10(13-17-8)14-4-5-16-6-7(11-2)9(14)15/h7,10-11,13H,3-6H2,1-2H3. The molecule has 0 aromatic heterocycles. The van der Waals surface area contributed by atoms with Gasteiger partial charge in [-0.05, 0) is 7.05 Å². The maximum atomic E-state index is 12.2. The van der Waals surface area contributed by atoms with Crippen molar-refractivity contribution < 1.29 is 14.4 Å². The molecule has 7 heteroatoms. The maximum Gasteiger partial charge on any atom is 0.244 e. The van der Waals surface area contributed by atoms with Crippen molar-refractivity contribution in [3.8, 4) is 0 Å². The molecular weight excluding hydrogens is 224 g/mol. The van der Waals surface area contributed by atoms with Crippen LogP contribution in [0.15, 0.2) is 4.99 Å². The quantitative estimate of drug-likeness (QED) is 0.668. The molecule has 0 bridgehead atoms. The van der Waals surface area contributed by atoms with Crippen LogP contribution in [0.5, 0.6) is 0 Å². The first-order valence-electron chi connectivity index (χ1n) is 5.80. The molecule has 2 N–H and O–H groups in total. The van der Waals surface area contributed by atoms with Crippen LogP contribution in [0.4, 0.5) is 0 Å². The Hall–Kier alpha value is -1.18. The van der Waals surface area contributed by atoms with Gasteiger partial charge in [-0.15, -0.1) is 5.48 Å². The number of hydrogen-bond donors (Lipinski definition) is 2. The summed E-state index contributed by atoms with van der Waals surface area (Å²) in [5.41, 5.74) is 2.75. The van der Waals surface area contributed by atoms with Crippen LogP contribution < -0.4 is 10.8 Å². The molecule has 0 aromatic carbocycles. The first-order valence-corrected chi connectivity index (χ1v) is 5.80. The molecule has 0 spiro atoms. The summed E-state index contributed by atoms with van der Waals surface area (Å²) in [4.78, 5) is 23.3. The van der Waals surface area contributed by atoms with Gasteiger partial charge in [-0.2, -0.15) is 0 Å². The van der Waals surface area contributed by atoms with Crippen LogP contribution in [0.25, 0.3) is 0 Å². The van der Waals surface area contributed by atoms with Crippen LogP contribution >= 0.6 is 0 Å². The fourth-order valence-electron chi connectivity index (χ4n) is 1.80. The van der Waals surface area contributed by atoms with Crippen molar-refractivity contribution in [2.75, 3.05) is 26.8 Å². The van der Waals surface area contributed by atoms with E-state index in [9.17, 15) is 4.79 Å². The molecule has 0 saturated carbocycles. The second kappa shape index (κ2) is 5.44. The topological polar surface area (TPSA) is 75.2 Å². The number of hydroxylamine groups is 1. The van der Waals surface area contributed by atoms with Crippen molar-refractivity contribution >= 4 is 11.8 Å². The summed E-state index contributed by atoms with van der Waals surface area (Å²) in [6.07, 6.45) is 0.271. The molecule has 2 heterocycles. The Balaban J connectivity index is 2.08. The Morgan fingerprint density at radius 2 is 2.47 bits per heavy atom. The van der Waals surface area contributed by atoms with Crippen molar-refractivity contribution in [1.29, 1.82) is 0 Å². The zero-order chi connectivity index (χ0) is 12.3. The smallest absolute Gasteiger partial charge is 0.244 e. The van der Waals surface area contributed by atoms with Crippen LogP contribution in [0.3, 0.4) is 0 Å². The van der Waals surface area contributed by atoms with Crippen molar-refractivity contribution in [3.05, 3.63) is 0 Å². The van der Waals surface area contributed by atoms with E-state index in [1.807, 2.05) is 6.92 Å². The van der Waals surface area contributed by atoms with E-state index in [1.54, 1.807) is 11.9 Å². The van der Waals surface area contributed by atoms with Crippen molar-refractivity contribution in [2.45, 2.75) is 25.7 Å². The van der Waals surface area contributed by atoms with E-state index < -0.39 is 6.29 Å². The molecule has 0 radical (unpaired) electrons. The lowest BCUT2D eigenvalue weighted by molar-refractivity contribution is -0.136. The predicted molar refractivity (Wildman–Crippen MR) is 61.1 cm³/mol. The molecule has 1 amide bonds. The number of aliphatic imine (C=N–C) groups is 1. The Kier molecular flexibility index (Phi) is 3.93. The van der Waals surface area contributed by atoms with Gasteiger partial charge in [0.1, 0.15) is 6.04 Å². The van der Waals surface area contributed by atoms with E-state index in [0.29, 0.717) is 32.1 Å². The first-order chi connectivity index (χ1) is 8.26. The van der Waals surface area contributed by atoms with E-state index in [4.69, 9.17) is 9.57 Å². The average Bonchev–Trinajstić information content (AvgIpc) is 2.74. The van der Waals surface area contributed by atoms with E-state index >= 15 is 0 Å². The summed E-state index contributed by atoms with van der Waals surface area (Å²) in [5, 5.41) is 2.94. The van der Waals surface area contributed by atoms with Gasteiger partial charge in [-0.3, -0.25) is 4.79 Å². The van der Waals surface area contributed by atoms with Gasteiger partial charge in [0.25, 0.3) is 0 Å². The molecule has 2 atom stereocenters.